The third-order valence-corrected chi connectivity index (χ3v) is 3.85. The summed E-state index contributed by atoms with van der Waals surface area (Å²) in [6.07, 6.45) is 1.71. The number of nitrogens with zero attached hydrogens (tertiary/aromatic N) is 2. The second kappa shape index (κ2) is 6.16. The lowest BCUT2D eigenvalue weighted by molar-refractivity contribution is 0.415. The number of hydrogen-bond acceptors (Lipinski definition) is 5. The van der Waals surface area contributed by atoms with Crippen LogP contribution in [0.3, 0.4) is 0 Å². The Labute approximate surface area is 144 Å². The average molecular weight is 332 g/mol. The van der Waals surface area contributed by atoms with Crippen LogP contribution in [0.5, 0.6) is 11.5 Å². The largest absolute Gasteiger partial charge is 0.508 e. The summed E-state index contributed by atoms with van der Waals surface area (Å²) in [6.45, 7) is 0. The molecule has 0 saturated carbocycles. The standard InChI is InChI=1S/C19H16N4O2/c1-25-15-7-2-4-12(10-15)18-22-16-8-9-20-19(17(16)23-18)21-13-5-3-6-14(24)11-13/h2-11,24H,1H3,(H,20,21)(H,22,23). The third-order valence-electron chi connectivity index (χ3n) is 3.85. The van der Waals surface area contributed by atoms with E-state index in [-0.39, 0.29) is 5.75 Å². The number of imidazole rings is 1. The van der Waals surface area contributed by atoms with E-state index in [9.17, 15) is 5.11 Å². The number of pyridine rings is 1. The van der Waals surface area contributed by atoms with Crippen LogP contribution in [-0.2, 0) is 0 Å². The van der Waals surface area contributed by atoms with Gasteiger partial charge < -0.3 is 20.1 Å². The van der Waals surface area contributed by atoms with Gasteiger partial charge in [0.1, 0.15) is 22.8 Å². The second-order valence-corrected chi connectivity index (χ2v) is 5.55. The molecule has 124 valence electrons. The van der Waals surface area contributed by atoms with Crippen LogP contribution >= 0.6 is 0 Å². The number of benzene rings is 2. The normalized spacial score (nSPS) is 10.8. The lowest BCUT2D eigenvalue weighted by Gasteiger charge is -2.06. The molecule has 2 heterocycles. The molecular weight excluding hydrogens is 316 g/mol. The van der Waals surface area contributed by atoms with Crippen molar-refractivity contribution >= 4 is 22.5 Å². The Balaban J connectivity index is 1.75. The van der Waals surface area contributed by atoms with Crippen molar-refractivity contribution in [2.75, 3.05) is 12.4 Å². The molecule has 6 heteroatoms. The Kier molecular flexibility index (Phi) is 3.70. The van der Waals surface area contributed by atoms with E-state index in [0.29, 0.717) is 5.82 Å². The SMILES string of the molecule is COc1cccc(-c2nc3c(Nc4cccc(O)c4)nccc3[nH]2)c1. The van der Waals surface area contributed by atoms with Crippen molar-refractivity contribution in [3.8, 4) is 22.9 Å². The van der Waals surface area contributed by atoms with E-state index in [4.69, 9.17) is 4.74 Å². The number of phenols is 1. The Morgan fingerprint density at radius 3 is 2.80 bits per heavy atom. The van der Waals surface area contributed by atoms with Gasteiger partial charge >= 0.3 is 0 Å². The predicted molar refractivity (Wildman–Crippen MR) is 97.3 cm³/mol. The van der Waals surface area contributed by atoms with Crippen LogP contribution in [0.15, 0.2) is 60.8 Å². The van der Waals surface area contributed by atoms with Gasteiger partial charge in [0.25, 0.3) is 0 Å². The lowest BCUT2D eigenvalue weighted by Crippen LogP contribution is -1.94. The monoisotopic (exact) mass is 332 g/mol. The highest BCUT2D eigenvalue weighted by atomic mass is 16.5. The van der Waals surface area contributed by atoms with Gasteiger partial charge in [-0.3, -0.25) is 0 Å². The first-order chi connectivity index (χ1) is 12.2. The van der Waals surface area contributed by atoms with Gasteiger partial charge in [0, 0.05) is 23.5 Å². The summed E-state index contributed by atoms with van der Waals surface area (Å²) in [5.41, 5.74) is 3.27. The molecular formula is C19H16N4O2. The highest BCUT2D eigenvalue weighted by Gasteiger charge is 2.11. The maximum absolute atomic E-state index is 9.61. The van der Waals surface area contributed by atoms with Crippen molar-refractivity contribution in [3.63, 3.8) is 0 Å². The molecule has 0 aliphatic heterocycles. The third kappa shape index (κ3) is 2.97. The molecule has 0 aliphatic rings. The smallest absolute Gasteiger partial charge is 0.158 e. The summed E-state index contributed by atoms with van der Waals surface area (Å²) in [5, 5.41) is 12.8. The number of hydrogen-bond donors (Lipinski definition) is 3. The maximum Gasteiger partial charge on any atom is 0.158 e. The summed E-state index contributed by atoms with van der Waals surface area (Å²) >= 11 is 0. The first-order valence-electron chi connectivity index (χ1n) is 7.78. The molecule has 0 saturated heterocycles. The molecule has 0 atom stereocenters. The number of fused-ring (bicyclic) bond motifs is 1. The molecule has 6 nitrogen and oxygen atoms in total. The number of anilines is 2. The van der Waals surface area contributed by atoms with Crippen molar-refractivity contribution in [1.82, 2.24) is 15.0 Å². The summed E-state index contributed by atoms with van der Waals surface area (Å²) < 4.78 is 5.27. The fourth-order valence-corrected chi connectivity index (χ4v) is 2.65. The molecule has 4 rings (SSSR count). The topological polar surface area (TPSA) is 83.1 Å². The van der Waals surface area contributed by atoms with Crippen molar-refractivity contribution < 1.29 is 9.84 Å². The average Bonchev–Trinajstić information content (AvgIpc) is 3.07. The number of aromatic hydroxyl groups is 1. The Morgan fingerprint density at radius 2 is 1.96 bits per heavy atom. The molecule has 0 fully saturated rings. The maximum atomic E-state index is 9.61. The van der Waals surface area contributed by atoms with Crippen molar-refractivity contribution in [1.29, 1.82) is 0 Å². The Bertz CT molecular complexity index is 1040. The van der Waals surface area contributed by atoms with Crippen LogP contribution in [0, 0.1) is 0 Å². The first-order valence-corrected chi connectivity index (χ1v) is 7.78. The van der Waals surface area contributed by atoms with Gasteiger partial charge in [-0.2, -0.15) is 0 Å². The van der Waals surface area contributed by atoms with Gasteiger partial charge in [-0.25, -0.2) is 9.97 Å². The van der Waals surface area contributed by atoms with Gasteiger partial charge in [0.15, 0.2) is 5.82 Å². The Hall–Kier alpha value is -3.54. The number of H-pyrrole nitrogens is 1. The molecule has 0 amide bonds. The number of ether oxygens (including phenoxy) is 1. The van der Waals surface area contributed by atoms with Gasteiger partial charge in [0.05, 0.1) is 12.6 Å². The summed E-state index contributed by atoms with van der Waals surface area (Å²) in [7, 11) is 1.64. The van der Waals surface area contributed by atoms with Crippen LogP contribution in [0.4, 0.5) is 11.5 Å². The molecule has 2 aromatic heterocycles. The van der Waals surface area contributed by atoms with E-state index >= 15 is 0 Å². The van der Waals surface area contributed by atoms with E-state index in [1.165, 1.54) is 0 Å². The minimum atomic E-state index is 0.191. The fraction of sp³-hybridized carbons (Fsp3) is 0.0526. The van der Waals surface area contributed by atoms with Crippen molar-refractivity contribution in [2.45, 2.75) is 0 Å². The van der Waals surface area contributed by atoms with E-state index in [1.807, 2.05) is 36.4 Å². The van der Waals surface area contributed by atoms with E-state index in [1.54, 1.807) is 31.5 Å². The molecule has 0 bridgehead atoms. The highest BCUT2D eigenvalue weighted by Crippen LogP contribution is 2.28. The summed E-state index contributed by atoms with van der Waals surface area (Å²) in [4.78, 5) is 12.4. The molecule has 4 aromatic rings. The number of aromatic nitrogens is 3. The number of nitrogens with one attached hydrogen (secondary N) is 2. The van der Waals surface area contributed by atoms with Crippen molar-refractivity contribution in [2.24, 2.45) is 0 Å². The predicted octanol–water partition coefficient (Wildman–Crippen LogP) is 4.08. The van der Waals surface area contributed by atoms with E-state index < -0.39 is 0 Å². The molecule has 0 spiro atoms. The first kappa shape index (κ1) is 15.0. The molecule has 25 heavy (non-hydrogen) atoms. The second-order valence-electron chi connectivity index (χ2n) is 5.55. The molecule has 0 aliphatic carbocycles. The fourth-order valence-electron chi connectivity index (χ4n) is 2.65. The number of phenolic OH excluding ortho intramolecular Hbond substituents is 1. The van der Waals surface area contributed by atoms with Gasteiger partial charge in [-0.05, 0) is 30.3 Å². The van der Waals surface area contributed by atoms with Crippen LogP contribution < -0.4 is 10.1 Å². The Morgan fingerprint density at radius 1 is 1.08 bits per heavy atom. The summed E-state index contributed by atoms with van der Waals surface area (Å²) in [6, 6.07) is 16.5. The minimum Gasteiger partial charge on any atom is -0.508 e. The molecule has 3 N–H and O–H groups in total. The van der Waals surface area contributed by atoms with E-state index in [2.05, 4.69) is 20.3 Å². The molecule has 0 unspecified atom stereocenters. The van der Waals surface area contributed by atoms with Crippen LogP contribution in [0.25, 0.3) is 22.4 Å². The quantitative estimate of drug-likeness (QED) is 0.524. The minimum absolute atomic E-state index is 0.191. The molecule has 2 aromatic carbocycles. The highest BCUT2D eigenvalue weighted by molar-refractivity contribution is 5.90. The van der Waals surface area contributed by atoms with Gasteiger partial charge in [-0.1, -0.05) is 18.2 Å². The van der Waals surface area contributed by atoms with Crippen LogP contribution in [0.1, 0.15) is 0 Å². The van der Waals surface area contributed by atoms with Gasteiger partial charge in [0.2, 0.25) is 0 Å². The number of rotatable bonds is 4. The summed E-state index contributed by atoms with van der Waals surface area (Å²) in [5.74, 6) is 2.32. The lowest BCUT2D eigenvalue weighted by atomic mass is 10.2. The zero-order valence-corrected chi connectivity index (χ0v) is 13.5. The zero-order chi connectivity index (χ0) is 17.2. The number of methoxy groups -OCH3 is 1. The van der Waals surface area contributed by atoms with Crippen LogP contribution in [0.2, 0.25) is 0 Å². The van der Waals surface area contributed by atoms with Crippen molar-refractivity contribution in [3.05, 3.63) is 60.8 Å². The molecule has 0 radical (unpaired) electrons. The van der Waals surface area contributed by atoms with E-state index in [0.717, 1.165) is 33.9 Å². The zero-order valence-electron chi connectivity index (χ0n) is 13.5. The van der Waals surface area contributed by atoms with Crippen LogP contribution in [-0.4, -0.2) is 27.2 Å². The van der Waals surface area contributed by atoms with Gasteiger partial charge in [-0.15, -0.1) is 0 Å². The number of aromatic amines is 1.